The van der Waals surface area contributed by atoms with Crippen LogP contribution in [-0.2, 0) is 0 Å². The molecule has 0 spiro atoms. The van der Waals surface area contributed by atoms with Gasteiger partial charge in [0, 0.05) is 23.7 Å². The van der Waals surface area contributed by atoms with E-state index in [0.29, 0.717) is 12.1 Å². The highest BCUT2D eigenvalue weighted by Gasteiger charge is 2.22. The molecule has 1 saturated heterocycles. The maximum absolute atomic E-state index is 9.51. The molecule has 2 rings (SSSR count). The fourth-order valence-corrected chi connectivity index (χ4v) is 3.41. The Bertz CT molecular complexity index is 427. The van der Waals surface area contributed by atoms with Gasteiger partial charge in [0.1, 0.15) is 0 Å². The van der Waals surface area contributed by atoms with Crippen LogP contribution in [0.5, 0.6) is 0 Å². The average molecular weight is 311 g/mol. The van der Waals surface area contributed by atoms with E-state index in [1.54, 1.807) is 0 Å². The maximum atomic E-state index is 9.51. The summed E-state index contributed by atoms with van der Waals surface area (Å²) in [5.41, 5.74) is 1.25. The lowest BCUT2D eigenvalue weighted by Gasteiger charge is -2.35. The molecule has 21 heavy (non-hydrogen) atoms. The standard InChI is InChI=1S/C17H27ClN2O/c1-2-19-17(14-6-5-7-15(18)12-14)9-11-20-10-4-3-8-16(20)13-21/h5-7,12,16-17,19,21H,2-4,8-11,13H2,1H3. The summed E-state index contributed by atoms with van der Waals surface area (Å²) >= 11 is 6.11. The van der Waals surface area contributed by atoms with E-state index in [0.717, 1.165) is 37.5 Å². The van der Waals surface area contributed by atoms with E-state index in [1.165, 1.54) is 18.4 Å². The van der Waals surface area contributed by atoms with Gasteiger partial charge in [-0.3, -0.25) is 4.90 Å². The van der Waals surface area contributed by atoms with Gasteiger partial charge >= 0.3 is 0 Å². The van der Waals surface area contributed by atoms with Crippen molar-refractivity contribution in [3.63, 3.8) is 0 Å². The molecule has 0 saturated carbocycles. The van der Waals surface area contributed by atoms with Crippen molar-refractivity contribution in [2.45, 2.75) is 44.7 Å². The van der Waals surface area contributed by atoms with E-state index >= 15 is 0 Å². The fourth-order valence-electron chi connectivity index (χ4n) is 3.21. The Morgan fingerprint density at radius 3 is 3.00 bits per heavy atom. The third-order valence-corrected chi connectivity index (χ3v) is 4.60. The Balaban J connectivity index is 1.96. The van der Waals surface area contributed by atoms with Gasteiger partial charge in [0.2, 0.25) is 0 Å². The summed E-state index contributed by atoms with van der Waals surface area (Å²) in [6.45, 7) is 5.49. The molecule has 0 radical (unpaired) electrons. The molecule has 0 amide bonds. The predicted octanol–water partition coefficient (Wildman–Crippen LogP) is 3.23. The van der Waals surface area contributed by atoms with Gasteiger partial charge in [0.15, 0.2) is 0 Å². The molecule has 1 fully saturated rings. The van der Waals surface area contributed by atoms with Gasteiger partial charge in [-0.15, -0.1) is 0 Å². The summed E-state index contributed by atoms with van der Waals surface area (Å²) in [5, 5.41) is 13.9. The lowest BCUT2D eigenvalue weighted by molar-refractivity contribution is 0.0865. The van der Waals surface area contributed by atoms with Crippen LogP contribution in [-0.4, -0.2) is 42.3 Å². The largest absolute Gasteiger partial charge is 0.395 e. The maximum Gasteiger partial charge on any atom is 0.0586 e. The first-order chi connectivity index (χ1) is 10.2. The summed E-state index contributed by atoms with van der Waals surface area (Å²) in [4.78, 5) is 2.44. The van der Waals surface area contributed by atoms with Gasteiger partial charge in [-0.25, -0.2) is 0 Å². The second-order valence-electron chi connectivity index (χ2n) is 5.82. The number of aliphatic hydroxyl groups excluding tert-OH is 1. The van der Waals surface area contributed by atoms with Crippen LogP contribution in [0, 0.1) is 0 Å². The highest BCUT2D eigenvalue weighted by molar-refractivity contribution is 6.30. The van der Waals surface area contributed by atoms with Gasteiger partial charge in [-0.05, 0) is 50.0 Å². The summed E-state index contributed by atoms with van der Waals surface area (Å²) in [6, 6.07) is 8.79. The third kappa shape index (κ3) is 4.96. The fraction of sp³-hybridized carbons (Fsp3) is 0.647. The van der Waals surface area contributed by atoms with Crippen molar-refractivity contribution >= 4 is 11.6 Å². The zero-order chi connectivity index (χ0) is 15.1. The number of likely N-dealkylation sites (tertiary alicyclic amines) is 1. The molecule has 2 N–H and O–H groups in total. The number of nitrogens with one attached hydrogen (secondary N) is 1. The third-order valence-electron chi connectivity index (χ3n) is 4.37. The Morgan fingerprint density at radius 1 is 1.43 bits per heavy atom. The van der Waals surface area contributed by atoms with E-state index in [2.05, 4.69) is 29.3 Å². The minimum atomic E-state index is 0.281. The van der Waals surface area contributed by atoms with Crippen molar-refractivity contribution in [2.24, 2.45) is 0 Å². The van der Waals surface area contributed by atoms with Crippen LogP contribution in [0.3, 0.4) is 0 Å². The summed E-state index contributed by atoms with van der Waals surface area (Å²) in [6.07, 6.45) is 4.66. The molecular weight excluding hydrogens is 284 g/mol. The number of hydrogen-bond acceptors (Lipinski definition) is 3. The summed E-state index contributed by atoms with van der Waals surface area (Å²) < 4.78 is 0. The van der Waals surface area contributed by atoms with E-state index in [-0.39, 0.29) is 6.61 Å². The lowest BCUT2D eigenvalue weighted by Crippen LogP contribution is -2.43. The number of halogens is 1. The van der Waals surface area contributed by atoms with Crippen LogP contribution in [0.2, 0.25) is 5.02 Å². The van der Waals surface area contributed by atoms with Gasteiger partial charge < -0.3 is 10.4 Å². The normalized spacial score (nSPS) is 21.4. The average Bonchev–Trinajstić information content (AvgIpc) is 2.51. The smallest absolute Gasteiger partial charge is 0.0586 e. The van der Waals surface area contributed by atoms with Gasteiger partial charge in [0.05, 0.1) is 6.61 Å². The van der Waals surface area contributed by atoms with Crippen molar-refractivity contribution in [1.82, 2.24) is 10.2 Å². The molecule has 0 bridgehead atoms. The van der Waals surface area contributed by atoms with Crippen molar-refractivity contribution in [3.05, 3.63) is 34.9 Å². The Hall–Kier alpha value is -0.610. The number of aliphatic hydroxyl groups is 1. The highest BCUT2D eigenvalue weighted by atomic mass is 35.5. The predicted molar refractivity (Wildman–Crippen MR) is 88.8 cm³/mol. The van der Waals surface area contributed by atoms with Crippen molar-refractivity contribution < 1.29 is 5.11 Å². The summed E-state index contributed by atoms with van der Waals surface area (Å²) in [5.74, 6) is 0. The highest BCUT2D eigenvalue weighted by Crippen LogP contribution is 2.23. The number of hydrogen-bond donors (Lipinski definition) is 2. The second kappa shape index (κ2) is 8.74. The van der Waals surface area contributed by atoms with E-state index in [9.17, 15) is 5.11 Å². The van der Waals surface area contributed by atoms with Gasteiger partial charge in [-0.2, -0.15) is 0 Å². The first-order valence-corrected chi connectivity index (χ1v) is 8.46. The van der Waals surface area contributed by atoms with Crippen molar-refractivity contribution in [3.8, 4) is 0 Å². The number of nitrogens with zero attached hydrogens (tertiary/aromatic N) is 1. The van der Waals surface area contributed by atoms with Crippen LogP contribution in [0.1, 0.15) is 44.2 Å². The van der Waals surface area contributed by atoms with Gasteiger partial charge in [-0.1, -0.05) is 37.1 Å². The molecule has 118 valence electrons. The number of piperidine rings is 1. The minimum Gasteiger partial charge on any atom is -0.395 e. The molecule has 1 heterocycles. The quantitative estimate of drug-likeness (QED) is 0.811. The Morgan fingerprint density at radius 2 is 2.29 bits per heavy atom. The molecule has 1 aliphatic rings. The number of benzene rings is 1. The van der Waals surface area contributed by atoms with Crippen LogP contribution < -0.4 is 5.32 Å². The topological polar surface area (TPSA) is 35.5 Å². The van der Waals surface area contributed by atoms with Crippen LogP contribution in [0.25, 0.3) is 0 Å². The van der Waals surface area contributed by atoms with Crippen LogP contribution >= 0.6 is 11.6 Å². The number of rotatable bonds is 7. The second-order valence-corrected chi connectivity index (χ2v) is 6.26. The van der Waals surface area contributed by atoms with Crippen molar-refractivity contribution in [2.75, 3.05) is 26.2 Å². The monoisotopic (exact) mass is 310 g/mol. The van der Waals surface area contributed by atoms with Crippen LogP contribution in [0.15, 0.2) is 24.3 Å². The Kier molecular flexibility index (Phi) is 6.97. The molecule has 2 atom stereocenters. The van der Waals surface area contributed by atoms with E-state index in [4.69, 9.17) is 11.6 Å². The zero-order valence-electron chi connectivity index (χ0n) is 12.9. The SMILES string of the molecule is CCNC(CCN1CCCCC1CO)c1cccc(Cl)c1. The minimum absolute atomic E-state index is 0.281. The molecule has 3 nitrogen and oxygen atoms in total. The van der Waals surface area contributed by atoms with E-state index < -0.39 is 0 Å². The molecule has 2 unspecified atom stereocenters. The molecule has 4 heteroatoms. The van der Waals surface area contributed by atoms with Crippen LogP contribution in [0.4, 0.5) is 0 Å². The van der Waals surface area contributed by atoms with Gasteiger partial charge in [0.25, 0.3) is 0 Å². The molecule has 0 aromatic heterocycles. The molecule has 1 aromatic carbocycles. The molecule has 1 aliphatic heterocycles. The summed E-state index contributed by atoms with van der Waals surface area (Å²) in [7, 11) is 0. The molecular formula is C17H27ClN2O. The van der Waals surface area contributed by atoms with E-state index in [1.807, 2.05) is 12.1 Å². The Labute approximate surface area is 133 Å². The first kappa shape index (κ1) is 16.8. The first-order valence-electron chi connectivity index (χ1n) is 8.08. The molecule has 1 aromatic rings. The van der Waals surface area contributed by atoms with Crippen molar-refractivity contribution in [1.29, 1.82) is 0 Å². The zero-order valence-corrected chi connectivity index (χ0v) is 13.6. The molecule has 0 aliphatic carbocycles. The lowest BCUT2D eigenvalue weighted by atomic mass is 9.99.